The summed E-state index contributed by atoms with van der Waals surface area (Å²) in [5.74, 6) is -7.36. The molecular weight excluding hydrogens is 213 g/mol. The Hall–Kier alpha value is -1.25. The van der Waals surface area contributed by atoms with Gasteiger partial charge in [0.25, 0.3) is 0 Å². The minimum atomic E-state index is -5.76. The van der Waals surface area contributed by atoms with E-state index in [9.17, 15) is 22.0 Å². The molecular formula is C5H4F5N3O. The van der Waals surface area contributed by atoms with E-state index in [1.807, 2.05) is 0 Å². The van der Waals surface area contributed by atoms with E-state index in [4.69, 9.17) is 5.73 Å². The highest BCUT2D eigenvalue weighted by atomic mass is 19.4. The Bertz CT molecular complexity index is 319. The summed E-state index contributed by atoms with van der Waals surface area (Å²) in [7, 11) is 0. The minimum absolute atomic E-state index is 0.378. The monoisotopic (exact) mass is 217 g/mol. The largest absolute Gasteiger partial charge is 0.463 e. The second kappa shape index (κ2) is 3.15. The second-order valence-electron chi connectivity index (χ2n) is 2.29. The highest BCUT2D eigenvalue weighted by Gasteiger charge is 2.63. The van der Waals surface area contributed by atoms with Gasteiger partial charge in [0.1, 0.15) is 0 Å². The lowest BCUT2D eigenvalue weighted by atomic mass is 10.3. The van der Waals surface area contributed by atoms with Gasteiger partial charge in [-0.05, 0) is 0 Å². The van der Waals surface area contributed by atoms with Crippen molar-refractivity contribution in [2.45, 2.75) is 18.6 Å². The van der Waals surface area contributed by atoms with Crippen LogP contribution in [-0.2, 0) is 12.5 Å². The third-order valence-electron chi connectivity index (χ3n) is 1.28. The number of halogens is 5. The van der Waals surface area contributed by atoms with Gasteiger partial charge < -0.3 is 10.3 Å². The maximum atomic E-state index is 12.5. The molecule has 4 nitrogen and oxygen atoms in total. The fourth-order valence-electron chi connectivity index (χ4n) is 0.586. The lowest BCUT2D eigenvalue weighted by molar-refractivity contribution is -0.298. The van der Waals surface area contributed by atoms with Gasteiger partial charge in [-0.25, -0.2) is 0 Å². The molecule has 0 atom stereocenters. The second-order valence-corrected chi connectivity index (χ2v) is 2.29. The first-order chi connectivity index (χ1) is 6.29. The summed E-state index contributed by atoms with van der Waals surface area (Å²) in [5.41, 5.74) is 4.90. The van der Waals surface area contributed by atoms with Gasteiger partial charge in [-0.1, -0.05) is 5.16 Å². The van der Waals surface area contributed by atoms with Crippen molar-refractivity contribution in [1.29, 1.82) is 0 Å². The van der Waals surface area contributed by atoms with Gasteiger partial charge >= 0.3 is 18.0 Å². The zero-order valence-electron chi connectivity index (χ0n) is 6.48. The first-order valence-electron chi connectivity index (χ1n) is 3.26. The number of nitrogens with two attached hydrogens (primary N) is 1. The molecule has 0 unspecified atom stereocenters. The van der Waals surface area contributed by atoms with Crippen molar-refractivity contribution in [3.05, 3.63) is 11.7 Å². The van der Waals surface area contributed by atoms with Crippen LogP contribution in [0.5, 0.6) is 0 Å². The van der Waals surface area contributed by atoms with Crippen molar-refractivity contribution in [2.24, 2.45) is 5.73 Å². The van der Waals surface area contributed by atoms with E-state index in [0.717, 1.165) is 0 Å². The van der Waals surface area contributed by atoms with E-state index in [1.165, 1.54) is 0 Å². The van der Waals surface area contributed by atoms with Gasteiger partial charge in [0.2, 0.25) is 0 Å². The number of alkyl halides is 5. The van der Waals surface area contributed by atoms with Crippen molar-refractivity contribution >= 4 is 0 Å². The molecule has 0 aliphatic rings. The van der Waals surface area contributed by atoms with Gasteiger partial charge in [0, 0.05) is 0 Å². The van der Waals surface area contributed by atoms with Crippen molar-refractivity contribution < 1.29 is 26.5 Å². The molecule has 0 aliphatic carbocycles. The molecule has 1 heterocycles. The molecule has 0 saturated heterocycles. The van der Waals surface area contributed by atoms with Gasteiger partial charge in [0.05, 0.1) is 6.54 Å². The molecule has 9 heteroatoms. The third kappa shape index (κ3) is 1.67. The predicted octanol–water partition coefficient (Wildman–Crippen LogP) is 1.18. The summed E-state index contributed by atoms with van der Waals surface area (Å²) < 4.78 is 63.8. The van der Waals surface area contributed by atoms with Crippen LogP contribution in [0, 0.1) is 0 Å². The number of hydrogen-bond acceptors (Lipinski definition) is 4. The van der Waals surface area contributed by atoms with Gasteiger partial charge in [-0.15, -0.1) is 0 Å². The molecule has 1 aromatic rings. The normalized spacial score (nSPS) is 13.3. The highest BCUT2D eigenvalue weighted by molar-refractivity contribution is 4.97. The van der Waals surface area contributed by atoms with E-state index in [-0.39, 0.29) is 6.54 Å². The molecule has 14 heavy (non-hydrogen) atoms. The zero-order valence-corrected chi connectivity index (χ0v) is 6.48. The van der Waals surface area contributed by atoms with E-state index >= 15 is 0 Å². The molecule has 0 spiro atoms. The standard InChI is InChI=1S/C5H4F5N3O/c6-4(7,5(8,9)10)3-12-2(1-11)13-14-3/h1,11H2. The van der Waals surface area contributed by atoms with Crippen molar-refractivity contribution in [2.75, 3.05) is 0 Å². The third-order valence-corrected chi connectivity index (χ3v) is 1.28. The van der Waals surface area contributed by atoms with Crippen molar-refractivity contribution in [3.8, 4) is 0 Å². The first kappa shape index (κ1) is 10.8. The van der Waals surface area contributed by atoms with E-state index in [0.29, 0.717) is 0 Å². The van der Waals surface area contributed by atoms with Crippen LogP contribution in [0.1, 0.15) is 11.7 Å². The Balaban J connectivity index is 3.04. The molecule has 0 aliphatic heterocycles. The summed E-state index contributed by atoms with van der Waals surface area (Å²) in [6.45, 7) is -0.378. The molecule has 1 aromatic heterocycles. The average Bonchev–Trinajstić information content (AvgIpc) is 2.49. The molecule has 1 rings (SSSR count). The lowest BCUT2D eigenvalue weighted by Crippen LogP contribution is -2.34. The fraction of sp³-hybridized carbons (Fsp3) is 0.600. The van der Waals surface area contributed by atoms with Crippen LogP contribution in [0.2, 0.25) is 0 Å². The Labute approximate surface area is 73.9 Å². The Kier molecular flexibility index (Phi) is 2.44. The van der Waals surface area contributed by atoms with Crippen LogP contribution in [0.3, 0.4) is 0 Å². The first-order valence-corrected chi connectivity index (χ1v) is 3.26. The molecule has 0 fully saturated rings. The number of aromatic nitrogens is 2. The molecule has 0 bridgehead atoms. The van der Waals surface area contributed by atoms with E-state index in [2.05, 4.69) is 14.7 Å². The Morgan fingerprint density at radius 3 is 2.14 bits per heavy atom. The van der Waals surface area contributed by atoms with Crippen LogP contribution in [0.25, 0.3) is 0 Å². The quantitative estimate of drug-likeness (QED) is 0.755. The smallest absolute Gasteiger partial charge is 0.332 e. The van der Waals surface area contributed by atoms with Gasteiger partial charge in [-0.3, -0.25) is 0 Å². The zero-order chi connectivity index (χ0) is 11.0. The summed E-state index contributed by atoms with van der Waals surface area (Å²) in [4.78, 5) is 2.79. The minimum Gasteiger partial charge on any atom is -0.332 e. The summed E-state index contributed by atoms with van der Waals surface area (Å²) >= 11 is 0. The van der Waals surface area contributed by atoms with E-state index in [1.54, 1.807) is 0 Å². The molecule has 0 saturated carbocycles. The lowest BCUT2D eigenvalue weighted by Gasteiger charge is -2.14. The van der Waals surface area contributed by atoms with Crippen LogP contribution < -0.4 is 5.73 Å². The molecule has 80 valence electrons. The molecule has 0 aromatic carbocycles. The number of nitrogens with zero attached hydrogens (tertiary/aromatic N) is 2. The van der Waals surface area contributed by atoms with Crippen LogP contribution >= 0.6 is 0 Å². The Morgan fingerprint density at radius 2 is 1.79 bits per heavy atom. The maximum absolute atomic E-state index is 12.5. The number of rotatable bonds is 2. The summed E-state index contributed by atoms with van der Waals surface area (Å²) in [6.07, 6.45) is -5.76. The molecule has 0 radical (unpaired) electrons. The van der Waals surface area contributed by atoms with Gasteiger partial charge in [0.15, 0.2) is 5.82 Å². The maximum Gasteiger partial charge on any atom is 0.463 e. The van der Waals surface area contributed by atoms with Gasteiger partial charge in [-0.2, -0.15) is 26.9 Å². The topological polar surface area (TPSA) is 64.9 Å². The fourth-order valence-corrected chi connectivity index (χ4v) is 0.586. The number of hydrogen-bond donors (Lipinski definition) is 1. The van der Waals surface area contributed by atoms with Crippen LogP contribution in [0.15, 0.2) is 4.52 Å². The van der Waals surface area contributed by atoms with Crippen molar-refractivity contribution in [1.82, 2.24) is 10.1 Å². The van der Waals surface area contributed by atoms with Crippen molar-refractivity contribution in [3.63, 3.8) is 0 Å². The van der Waals surface area contributed by atoms with Crippen LogP contribution in [-0.4, -0.2) is 16.3 Å². The molecule has 2 N–H and O–H groups in total. The summed E-state index contributed by atoms with van der Waals surface area (Å²) in [6, 6.07) is 0. The SMILES string of the molecule is NCc1noc(C(F)(F)C(F)(F)F)n1. The Morgan fingerprint density at radius 1 is 1.21 bits per heavy atom. The highest BCUT2D eigenvalue weighted by Crippen LogP contribution is 2.42. The van der Waals surface area contributed by atoms with E-state index < -0.39 is 23.8 Å². The van der Waals surface area contributed by atoms with Crippen LogP contribution in [0.4, 0.5) is 22.0 Å². The predicted molar refractivity (Wildman–Crippen MR) is 32.1 cm³/mol. The summed E-state index contributed by atoms with van der Waals surface area (Å²) in [5, 5.41) is 2.82. The average molecular weight is 217 g/mol. The molecule has 0 amide bonds.